The number of hydrogen-bond acceptors (Lipinski definition) is 3. The highest BCUT2D eigenvalue weighted by Crippen LogP contribution is 2.17. The van der Waals surface area contributed by atoms with Gasteiger partial charge in [-0.2, -0.15) is 0 Å². The number of carboxylic acids is 1. The summed E-state index contributed by atoms with van der Waals surface area (Å²) in [4.78, 5) is 14.8. The van der Waals surface area contributed by atoms with Gasteiger partial charge in [0, 0.05) is 15.3 Å². The first-order valence-electron chi connectivity index (χ1n) is 5.22. The smallest absolute Gasteiger partial charge is 0.354 e. The molecule has 0 spiro atoms. The molecule has 0 amide bonds. The maximum atomic E-state index is 11.0. The molecular formula is C13H10INO3. The van der Waals surface area contributed by atoms with Crippen LogP contribution in [0.2, 0.25) is 0 Å². The monoisotopic (exact) mass is 355 g/mol. The van der Waals surface area contributed by atoms with Crippen molar-refractivity contribution in [3.8, 4) is 5.75 Å². The molecule has 0 aliphatic rings. The number of carboxylic acid groups (broad SMARTS) is 1. The highest BCUT2D eigenvalue weighted by atomic mass is 127. The molecule has 2 aromatic rings. The fraction of sp³-hybridized carbons (Fsp3) is 0.0769. The Morgan fingerprint density at radius 3 is 2.89 bits per heavy atom. The van der Waals surface area contributed by atoms with Crippen LogP contribution >= 0.6 is 22.6 Å². The minimum Gasteiger partial charge on any atom is -0.489 e. The van der Waals surface area contributed by atoms with Crippen LogP contribution in [0, 0.1) is 3.57 Å². The summed E-state index contributed by atoms with van der Waals surface area (Å²) in [6, 6.07) is 11.0. The Morgan fingerprint density at radius 2 is 2.17 bits per heavy atom. The number of ether oxygens (including phenoxy) is 1. The van der Waals surface area contributed by atoms with Crippen molar-refractivity contribution in [2.24, 2.45) is 0 Å². The van der Waals surface area contributed by atoms with Gasteiger partial charge >= 0.3 is 5.97 Å². The normalized spacial score (nSPS) is 10.1. The van der Waals surface area contributed by atoms with Gasteiger partial charge in [0.05, 0.1) is 0 Å². The number of aromatic carboxylic acids is 1. The number of nitrogens with zero attached hydrogens (tertiary/aromatic N) is 1. The molecule has 1 N–H and O–H groups in total. The minimum absolute atomic E-state index is 0.0307. The molecule has 0 saturated heterocycles. The average Bonchev–Trinajstić information content (AvgIpc) is 2.37. The third kappa shape index (κ3) is 3.19. The van der Waals surface area contributed by atoms with E-state index < -0.39 is 5.97 Å². The molecule has 0 unspecified atom stereocenters. The Bertz CT molecular complexity index is 572. The second-order valence-corrected chi connectivity index (χ2v) is 4.81. The number of aromatic nitrogens is 1. The Kier molecular flexibility index (Phi) is 4.14. The van der Waals surface area contributed by atoms with Gasteiger partial charge in [0.2, 0.25) is 0 Å². The molecule has 92 valence electrons. The predicted molar refractivity (Wildman–Crippen MR) is 74.7 cm³/mol. The van der Waals surface area contributed by atoms with Gasteiger partial charge in [0.15, 0.2) is 5.69 Å². The second kappa shape index (κ2) is 5.81. The van der Waals surface area contributed by atoms with Gasteiger partial charge in [-0.25, -0.2) is 9.78 Å². The molecular weight excluding hydrogens is 345 g/mol. The lowest BCUT2D eigenvalue weighted by Crippen LogP contribution is -2.07. The number of halogens is 1. The van der Waals surface area contributed by atoms with Crippen molar-refractivity contribution in [3.63, 3.8) is 0 Å². The molecule has 1 aromatic heterocycles. The molecule has 0 aliphatic carbocycles. The maximum Gasteiger partial charge on any atom is 0.354 e. The first-order chi connectivity index (χ1) is 8.66. The Hall–Kier alpha value is -1.63. The van der Waals surface area contributed by atoms with E-state index in [9.17, 15) is 4.79 Å². The van der Waals surface area contributed by atoms with Crippen LogP contribution in [0.3, 0.4) is 0 Å². The van der Waals surface area contributed by atoms with Crippen molar-refractivity contribution in [1.29, 1.82) is 0 Å². The van der Waals surface area contributed by atoms with Gasteiger partial charge in [-0.05, 0) is 46.9 Å². The summed E-state index contributed by atoms with van der Waals surface area (Å²) in [6.07, 6.45) is 1.46. The topological polar surface area (TPSA) is 59.4 Å². The lowest BCUT2D eigenvalue weighted by atomic mass is 10.2. The maximum absolute atomic E-state index is 11.0. The van der Waals surface area contributed by atoms with E-state index in [0.717, 1.165) is 3.57 Å². The van der Waals surface area contributed by atoms with Gasteiger partial charge in [-0.15, -0.1) is 0 Å². The Labute approximate surface area is 118 Å². The molecule has 0 radical (unpaired) electrons. The van der Waals surface area contributed by atoms with Gasteiger partial charge in [-0.3, -0.25) is 0 Å². The van der Waals surface area contributed by atoms with Crippen LogP contribution in [0.5, 0.6) is 5.75 Å². The van der Waals surface area contributed by atoms with E-state index in [-0.39, 0.29) is 12.3 Å². The fourth-order valence-corrected chi connectivity index (χ4v) is 1.98. The molecule has 4 nitrogen and oxygen atoms in total. The SMILES string of the molecule is O=C(O)c1ncccc1COc1cccc(I)c1. The van der Waals surface area contributed by atoms with Crippen molar-refractivity contribution >= 4 is 28.6 Å². The molecule has 0 fully saturated rings. The molecule has 0 bridgehead atoms. The van der Waals surface area contributed by atoms with Crippen LogP contribution in [0.25, 0.3) is 0 Å². The Morgan fingerprint density at radius 1 is 1.33 bits per heavy atom. The van der Waals surface area contributed by atoms with E-state index in [1.54, 1.807) is 12.1 Å². The lowest BCUT2D eigenvalue weighted by molar-refractivity contribution is 0.0687. The zero-order valence-corrected chi connectivity index (χ0v) is 11.5. The summed E-state index contributed by atoms with van der Waals surface area (Å²) in [5.74, 6) is -0.334. The highest BCUT2D eigenvalue weighted by Gasteiger charge is 2.11. The van der Waals surface area contributed by atoms with Crippen molar-refractivity contribution in [3.05, 3.63) is 57.4 Å². The first kappa shape index (κ1) is 12.8. The van der Waals surface area contributed by atoms with E-state index in [4.69, 9.17) is 9.84 Å². The van der Waals surface area contributed by atoms with Crippen molar-refractivity contribution in [1.82, 2.24) is 4.98 Å². The average molecular weight is 355 g/mol. The highest BCUT2D eigenvalue weighted by molar-refractivity contribution is 14.1. The molecule has 5 heteroatoms. The number of rotatable bonds is 4. The van der Waals surface area contributed by atoms with Crippen molar-refractivity contribution in [2.75, 3.05) is 0 Å². The lowest BCUT2D eigenvalue weighted by Gasteiger charge is -2.08. The van der Waals surface area contributed by atoms with E-state index in [0.29, 0.717) is 11.3 Å². The molecule has 0 aliphatic heterocycles. The van der Waals surface area contributed by atoms with Gasteiger partial charge in [-0.1, -0.05) is 12.1 Å². The van der Waals surface area contributed by atoms with Crippen LogP contribution in [-0.4, -0.2) is 16.1 Å². The second-order valence-electron chi connectivity index (χ2n) is 3.56. The van der Waals surface area contributed by atoms with Gasteiger partial charge in [0.1, 0.15) is 12.4 Å². The zero-order valence-electron chi connectivity index (χ0n) is 9.34. The summed E-state index contributed by atoms with van der Waals surface area (Å²) < 4.78 is 6.62. The summed E-state index contributed by atoms with van der Waals surface area (Å²) in [7, 11) is 0. The number of hydrogen-bond donors (Lipinski definition) is 1. The van der Waals surface area contributed by atoms with E-state index in [1.807, 2.05) is 24.3 Å². The zero-order chi connectivity index (χ0) is 13.0. The minimum atomic E-state index is -1.04. The molecule has 2 rings (SSSR count). The first-order valence-corrected chi connectivity index (χ1v) is 6.30. The molecule has 0 atom stereocenters. The number of pyridine rings is 1. The van der Waals surface area contributed by atoms with Gasteiger partial charge in [0.25, 0.3) is 0 Å². The predicted octanol–water partition coefficient (Wildman–Crippen LogP) is 2.96. The fourth-order valence-electron chi connectivity index (χ4n) is 1.47. The third-order valence-corrected chi connectivity index (χ3v) is 2.96. The van der Waals surface area contributed by atoms with Crippen molar-refractivity contribution < 1.29 is 14.6 Å². The van der Waals surface area contributed by atoms with E-state index in [1.165, 1.54) is 6.20 Å². The standard InChI is InChI=1S/C13H10INO3/c14-10-4-1-5-11(7-10)18-8-9-3-2-6-15-12(9)13(16)17/h1-7H,8H2,(H,16,17). The third-order valence-electron chi connectivity index (χ3n) is 2.28. The Balaban J connectivity index is 2.13. The molecule has 0 saturated carbocycles. The van der Waals surface area contributed by atoms with E-state index >= 15 is 0 Å². The van der Waals surface area contributed by atoms with Crippen LogP contribution in [-0.2, 0) is 6.61 Å². The van der Waals surface area contributed by atoms with Crippen molar-refractivity contribution in [2.45, 2.75) is 6.61 Å². The number of benzene rings is 1. The van der Waals surface area contributed by atoms with E-state index in [2.05, 4.69) is 27.6 Å². The van der Waals surface area contributed by atoms with Crippen LogP contribution in [0.15, 0.2) is 42.6 Å². The molecule has 1 heterocycles. The van der Waals surface area contributed by atoms with Gasteiger partial charge < -0.3 is 9.84 Å². The molecule has 18 heavy (non-hydrogen) atoms. The van der Waals surface area contributed by atoms with Crippen LogP contribution in [0.1, 0.15) is 16.1 Å². The summed E-state index contributed by atoms with van der Waals surface area (Å²) in [5.41, 5.74) is 0.590. The quantitative estimate of drug-likeness (QED) is 0.857. The molecule has 1 aromatic carbocycles. The van der Waals surface area contributed by atoms with Crippen LogP contribution < -0.4 is 4.74 Å². The van der Waals surface area contributed by atoms with Crippen LogP contribution in [0.4, 0.5) is 0 Å². The summed E-state index contributed by atoms with van der Waals surface area (Å²) >= 11 is 2.19. The largest absolute Gasteiger partial charge is 0.489 e. The number of carbonyl (C=O) groups is 1. The summed E-state index contributed by atoms with van der Waals surface area (Å²) in [6.45, 7) is 0.190. The summed E-state index contributed by atoms with van der Waals surface area (Å²) in [5, 5.41) is 8.99.